The molecule has 1 heterocycles. The van der Waals surface area contributed by atoms with Crippen molar-refractivity contribution in [2.45, 2.75) is 33.1 Å². The Hall–Kier alpha value is -0.770. The summed E-state index contributed by atoms with van der Waals surface area (Å²) in [6.45, 7) is 4.11. The summed E-state index contributed by atoms with van der Waals surface area (Å²) in [7, 11) is 0. The van der Waals surface area contributed by atoms with Crippen molar-refractivity contribution in [1.29, 1.82) is 0 Å². The van der Waals surface area contributed by atoms with Gasteiger partial charge in [0.2, 0.25) is 0 Å². The molecule has 0 fully saturated rings. The highest BCUT2D eigenvalue weighted by Crippen LogP contribution is 2.33. The lowest BCUT2D eigenvalue weighted by Crippen LogP contribution is -1.95. The number of halogens is 2. The second kappa shape index (κ2) is 6.12. The molecule has 2 rings (SSSR count). The highest BCUT2D eigenvalue weighted by molar-refractivity contribution is 7.15. The standard InChI is InChI=1S/C14H16Cl2N2S/c1-3-4-11-12(19-14(17)18-11)7-9-10(15)6-5-8(2)13(9)16/h5-6H,3-4,7H2,1-2H3,(H2,17,18). The molecule has 0 atom stereocenters. The van der Waals surface area contributed by atoms with Gasteiger partial charge in [-0.3, -0.25) is 0 Å². The van der Waals surface area contributed by atoms with Crippen LogP contribution in [0.2, 0.25) is 10.0 Å². The Kier molecular flexibility index (Phi) is 4.71. The van der Waals surface area contributed by atoms with E-state index in [9.17, 15) is 0 Å². The van der Waals surface area contributed by atoms with Crippen LogP contribution in [0.15, 0.2) is 12.1 Å². The molecule has 0 unspecified atom stereocenters. The number of hydrogen-bond donors (Lipinski definition) is 1. The second-order valence-electron chi connectivity index (χ2n) is 4.51. The van der Waals surface area contributed by atoms with Gasteiger partial charge in [-0.15, -0.1) is 11.3 Å². The van der Waals surface area contributed by atoms with Crippen molar-refractivity contribution in [1.82, 2.24) is 4.98 Å². The molecule has 0 saturated heterocycles. The minimum absolute atomic E-state index is 0.610. The fourth-order valence-corrected chi connectivity index (χ4v) is 3.41. The molecule has 0 saturated carbocycles. The summed E-state index contributed by atoms with van der Waals surface area (Å²) >= 11 is 14.1. The number of benzene rings is 1. The lowest BCUT2D eigenvalue weighted by Gasteiger charge is -2.09. The van der Waals surface area contributed by atoms with Gasteiger partial charge < -0.3 is 5.73 Å². The molecule has 19 heavy (non-hydrogen) atoms. The van der Waals surface area contributed by atoms with E-state index in [4.69, 9.17) is 28.9 Å². The van der Waals surface area contributed by atoms with E-state index in [0.29, 0.717) is 16.6 Å². The Morgan fingerprint density at radius 1 is 1.32 bits per heavy atom. The Morgan fingerprint density at radius 3 is 2.74 bits per heavy atom. The average molecular weight is 315 g/mol. The Labute approximate surface area is 127 Å². The average Bonchev–Trinajstić information content (AvgIpc) is 2.71. The summed E-state index contributed by atoms with van der Waals surface area (Å²) in [5.74, 6) is 0. The van der Waals surface area contributed by atoms with E-state index >= 15 is 0 Å². The molecule has 0 radical (unpaired) electrons. The molecule has 0 aliphatic heterocycles. The van der Waals surface area contributed by atoms with Crippen LogP contribution in [0.25, 0.3) is 0 Å². The Bertz CT molecular complexity index is 593. The lowest BCUT2D eigenvalue weighted by atomic mass is 10.1. The quantitative estimate of drug-likeness (QED) is 0.873. The largest absolute Gasteiger partial charge is 0.375 e. The Balaban J connectivity index is 2.38. The molecule has 0 aliphatic rings. The highest BCUT2D eigenvalue weighted by Gasteiger charge is 2.14. The number of hydrogen-bond acceptors (Lipinski definition) is 3. The predicted octanol–water partition coefficient (Wildman–Crippen LogP) is 4.88. The molecular formula is C14H16Cl2N2S. The maximum Gasteiger partial charge on any atom is 0.180 e. The first-order valence-electron chi connectivity index (χ1n) is 6.20. The molecular weight excluding hydrogens is 299 g/mol. The minimum atomic E-state index is 0.610. The molecule has 2 N–H and O–H groups in total. The van der Waals surface area contributed by atoms with Crippen LogP contribution in [-0.2, 0) is 12.8 Å². The third-order valence-electron chi connectivity index (χ3n) is 3.00. The van der Waals surface area contributed by atoms with Crippen LogP contribution >= 0.6 is 34.5 Å². The van der Waals surface area contributed by atoms with Crippen molar-refractivity contribution < 1.29 is 0 Å². The minimum Gasteiger partial charge on any atom is -0.375 e. The molecule has 0 spiro atoms. The topological polar surface area (TPSA) is 38.9 Å². The molecule has 102 valence electrons. The second-order valence-corrected chi connectivity index (χ2v) is 6.41. The maximum absolute atomic E-state index is 6.35. The van der Waals surface area contributed by atoms with Gasteiger partial charge in [-0.1, -0.05) is 42.6 Å². The highest BCUT2D eigenvalue weighted by atomic mass is 35.5. The van der Waals surface area contributed by atoms with E-state index in [-0.39, 0.29) is 0 Å². The van der Waals surface area contributed by atoms with Crippen molar-refractivity contribution >= 4 is 39.7 Å². The number of nitrogens with zero attached hydrogens (tertiary/aromatic N) is 1. The van der Waals surface area contributed by atoms with Crippen LogP contribution in [0.1, 0.15) is 35.0 Å². The summed E-state index contributed by atoms with van der Waals surface area (Å²) in [5, 5.41) is 2.05. The maximum atomic E-state index is 6.35. The van der Waals surface area contributed by atoms with E-state index in [2.05, 4.69) is 11.9 Å². The van der Waals surface area contributed by atoms with Crippen LogP contribution in [0.5, 0.6) is 0 Å². The number of nitrogen functional groups attached to an aromatic ring is 1. The van der Waals surface area contributed by atoms with Crippen molar-refractivity contribution in [2.75, 3.05) is 5.73 Å². The summed E-state index contributed by atoms with van der Waals surface area (Å²) in [6.07, 6.45) is 2.68. The van der Waals surface area contributed by atoms with Gasteiger partial charge >= 0.3 is 0 Å². The zero-order chi connectivity index (χ0) is 14.0. The molecule has 1 aromatic carbocycles. The van der Waals surface area contributed by atoms with Crippen LogP contribution in [-0.4, -0.2) is 4.98 Å². The first-order valence-corrected chi connectivity index (χ1v) is 7.77. The van der Waals surface area contributed by atoms with Gasteiger partial charge in [0.05, 0.1) is 5.69 Å². The molecule has 2 aromatic rings. The van der Waals surface area contributed by atoms with Crippen molar-refractivity contribution in [2.24, 2.45) is 0 Å². The van der Waals surface area contributed by atoms with E-state index in [1.54, 1.807) is 0 Å². The van der Waals surface area contributed by atoms with E-state index in [1.807, 2.05) is 19.1 Å². The number of anilines is 1. The van der Waals surface area contributed by atoms with Crippen LogP contribution in [0, 0.1) is 6.92 Å². The monoisotopic (exact) mass is 314 g/mol. The van der Waals surface area contributed by atoms with Crippen LogP contribution < -0.4 is 5.73 Å². The number of aryl methyl sites for hydroxylation is 2. The van der Waals surface area contributed by atoms with Gasteiger partial charge in [0.25, 0.3) is 0 Å². The van der Waals surface area contributed by atoms with Crippen molar-refractivity contribution in [3.63, 3.8) is 0 Å². The zero-order valence-corrected chi connectivity index (χ0v) is 13.3. The normalized spacial score (nSPS) is 10.9. The first-order chi connectivity index (χ1) is 9.02. The summed E-state index contributed by atoms with van der Waals surface area (Å²) in [6, 6.07) is 3.82. The Morgan fingerprint density at radius 2 is 2.05 bits per heavy atom. The van der Waals surface area contributed by atoms with E-state index in [0.717, 1.165) is 39.6 Å². The zero-order valence-electron chi connectivity index (χ0n) is 11.0. The van der Waals surface area contributed by atoms with Gasteiger partial charge in [-0.25, -0.2) is 4.98 Å². The third kappa shape index (κ3) is 3.22. The number of thiazole rings is 1. The number of nitrogens with two attached hydrogens (primary N) is 1. The fraction of sp³-hybridized carbons (Fsp3) is 0.357. The molecule has 0 bridgehead atoms. The molecule has 5 heteroatoms. The van der Waals surface area contributed by atoms with Gasteiger partial charge in [0.1, 0.15) is 0 Å². The lowest BCUT2D eigenvalue weighted by molar-refractivity contribution is 0.879. The van der Waals surface area contributed by atoms with Gasteiger partial charge in [-0.2, -0.15) is 0 Å². The summed E-state index contributed by atoms with van der Waals surface area (Å²) in [5.41, 5.74) is 8.88. The molecule has 0 aliphatic carbocycles. The number of rotatable bonds is 4. The predicted molar refractivity (Wildman–Crippen MR) is 84.5 cm³/mol. The van der Waals surface area contributed by atoms with Crippen LogP contribution in [0.4, 0.5) is 5.13 Å². The molecule has 0 amide bonds. The molecule has 2 nitrogen and oxygen atoms in total. The van der Waals surface area contributed by atoms with E-state index < -0.39 is 0 Å². The SMILES string of the molecule is CCCc1nc(N)sc1Cc1c(Cl)ccc(C)c1Cl. The van der Waals surface area contributed by atoms with Gasteiger partial charge in [-0.05, 0) is 30.5 Å². The van der Waals surface area contributed by atoms with Crippen LogP contribution in [0.3, 0.4) is 0 Å². The summed E-state index contributed by atoms with van der Waals surface area (Å²) in [4.78, 5) is 5.55. The van der Waals surface area contributed by atoms with Crippen molar-refractivity contribution in [3.8, 4) is 0 Å². The van der Waals surface area contributed by atoms with Crippen molar-refractivity contribution in [3.05, 3.63) is 43.9 Å². The van der Waals surface area contributed by atoms with Gasteiger partial charge in [0.15, 0.2) is 5.13 Å². The van der Waals surface area contributed by atoms with E-state index in [1.165, 1.54) is 11.3 Å². The fourth-order valence-electron chi connectivity index (χ4n) is 2.01. The van der Waals surface area contributed by atoms with Gasteiger partial charge in [0, 0.05) is 21.3 Å². The first kappa shape index (κ1) is 14.6. The molecule has 1 aromatic heterocycles. The number of aromatic nitrogens is 1. The third-order valence-corrected chi connectivity index (χ3v) is 4.81. The summed E-state index contributed by atoms with van der Waals surface area (Å²) < 4.78 is 0. The smallest absolute Gasteiger partial charge is 0.180 e.